The first-order chi connectivity index (χ1) is 16.6. The van der Waals surface area contributed by atoms with Crippen LogP contribution >= 0.6 is 0 Å². The first-order valence-corrected chi connectivity index (χ1v) is 11.9. The van der Waals surface area contributed by atoms with Crippen molar-refractivity contribution in [2.75, 3.05) is 38.3 Å². The average molecular weight is 456 g/mol. The third kappa shape index (κ3) is 4.22. The van der Waals surface area contributed by atoms with Crippen molar-refractivity contribution in [2.45, 2.75) is 38.1 Å². The van der Waals surface area contributed by atoms with Crippen molar-refractivity contribution < 1.29 is 9.53 Å². The van der Waals surface area contributed by atoms with E-state index in [1.807, 2.05) is 35.5 Å². The maximum atomic E-state index is 12.5. The highest BCUT2D eigenvalue weighted by Crippen LogP contribution is 2.46. The Morgan fingerprint density at radius 1 is 1.21 bits per heavy atom. The zero-order valence-corrected chi connectivity index (χ0v) is 19.7. The molecule has 1 aliphatic carbocycles. The number of fused-ring (bicyclic) bond motifs is 1. The number of hydrogen-bond acceptors (Lipinski definition) is 6. The number of rotatable bonds is 6. The van der Waals surface area contributed by atoms with Crippen molar-refractivity contribution in [3.8, 4) is 17.2 Å². The van der Waals surface area contributed by atoms with Gasteiger partial charge in [0.15, 0.2) is 0 Å². The fourth-order valence-corrected chi connectivity index (χ4v) is 4.91. The maximum Gasteiger partial charge on any atom is 0.225 e. The third-order valence-corrected chi connectivity index (χ3v) is 6.84. The molecule has 2 aromatic heterocycles. The minimum Gasteiger partial charge on any atom is -0.384 e. The number of hydrogen-bond donors (Lipinski definition) is 0. The molecule has 0 bridgehead atoms. The van der Waals surface area contributed by atoms with Crippen LogP contribution in [-0.2, 0) is 9.53 Å². The number of anilines is 1. The van der Waals surface area contributed by atoms with E-state index < -0.39 is 0 Å². The van der Waals surface area contributed by atoms with E-state index in [1.54, 1.807) is 7.11 Å². The van der Waals surface area contributed by atoms with Crippen molar-refractivity contribution in [3.05, 3.63) is 54.0 Å². The topological polar surface area (TPSA) is 82.3 Å². The van der Waals surface area contributed by atoms with E-state index in [4.69, 9.17) is 9.72 Å². The van der Waals surface area contributed by atoms with E-state index in [9.17, 15) is 10.1 Å². The molecule has 3 aromatic rings. The van der Waals surface area contributed by atoms with Crippen molar-refractivity contribution >= 4 is 22.5 Å². The summed E-state index contributed by atoms with van der Waals surface area (Å²) in [6.45, 7) is 4.41. The second kappa shape index (κ2) is 9.40. The van der Waals surface area contributed by atoms with Gasteiger partial charge in [0.2, 0.25) is 5.91 Å². The lowest BCUT2D eigenvalue weighted by atomic mass is 9.96. The summed E-state index contributed by atoms with van der Waals surface area (Å²) in [6.07, 6.45) is 6.38. The number of carbonyl (C=O) groups is 1. The van der Waals surface area contributed by atoms with Crippen LogP contribution in [0, 0.1) is 11.3 Å². The van der Waals surface area contributed by atoms with Crippen LogP contribution in [0.2, 0.25) is 0 Å². The zero-order valence-electron chi connectivity index (χ0n) is 19.7. The number of carbonyl (C=O) groups excluding carboxylic acids is 1. The molecule has 5 rings (SSSR count). The lowest BCUT2D eigenvalue weighted by molar-refractivity contribution is -0.134. The molecule has 1 atom stereocenters. The molecule has 0 spiro atoms. The summed E-state index contributed by atoms with van der Waals surface area (Å²) in [7, 11) is 1.61. The highest BCUT2D eigenvalue weighted by Gasteiger charge is 2.33. The van der Waals surface area contributed by atoms with Crippen LogP contribution in [0.25, 0.3) is 21.9 Å². The van der Waals surface area contributed by atoms with E-state index in [0.29, 0.717) is 44.1 Å². The molecule has 0 N–H and O–H groups in total. The van der Waals surface area contributed by atoms with E-state index in [0.717, 1.165) is 46.3 Å². The highest BCUT2D eigenvalue weighted by molar-refractivity contribution is 5.96. The van der Waals surface area contributed by atoms with Crippen LogP contribution in [0.1, 0.15) is 43.4 Å². The molecule has 174 valence electrons. The maximum absolute atomic E-state index is 12.5. The molecule has 1 saturated carbocycles. The molecule has 1 amide bonds. The molecule has 1 aromatic carbocycles. The standard InChI is InChI=1S/C27H29N5O2/c1-18-17-31(10-11-32(18)25(33)9-12-34-2)27-21(14-28)13-23(26(30-27)19-7-8-19)24-16-29-15-20-5-3-4-6-22(20)24/h3-6,13,15-16,18-19H,7-12,17H2,1-2H3. The summed E-state index contributed by atoms with van der Waals surface area (Å²) >= 11 is 0. The van der Waals surface area contributed by atoms with Crippen LogP contribution in [0.5, 0.6) is 0 Å². The van der Waals surface area contributed by atoms with Crippen LogP contribution < -0.4 is 4.90 Å². The van der Waals surface area contributed by atoms with Gasteiger partial charge < -0.3 is 14.5 Å². The lowest BCUT2D eigenvalue weighted by Crippen LogP contribution is -2.54. The van der Waals surface area contributed by atoms with Gasteiger partial charge in [-0.3, -0.25) is 9.78 Å². The van der Waals surface area contributed by atoms with Gasteiger partial charge >= 0.3 is 0 Å². The normalized spacial score (nSPS) is 18.2. The molecule has 34 heavy (non-hydrogen) atoms. The number of nitriles is 1. The van der Waals surface area contributed by atoms with Gasteiger partial charge in [0.05, 0.1) is 24.3 Å². The minimum absolute atomic E-state index is 0.0396. The number of nitrogens with zero attached hydrogens (tertiary/aromatic N) is 5. The van der Waals surface area contributed by atoms with Gasteiger partial charge in [-0.1, -0.05) is 24.3 Å². The summed E-state index contributed by atoms with van der Waals surface area (Å²) in [4.78, 5) is 26.2. The average Bonchev–Trinajstić information content (AvgIpc) is 3.71. The van der Waals surface area contributed by atoms with Gasteiger partial charge in [-0.15, -0.1) is 0 Å². The monoisotopic (exact) mass is 455 g/mol. The van der Waals surface area contributed by atoms with E-state index >= 15 is 0 Å². The number of benzene rings is 1. The van der Waals surface area contributed by atoms with Crippen molar-refractivity contribution in [2.24, 2.45) is 0 Å². The molecule has 1 aliphatic heterocycles. The van der Waals surface area contributed by atoms with E-state index in [2.05, 4.69) is 35.0 Å². The Labute approximate surface area is 200 Å². The van der Waals surface area contributed by atoms with Crippen molar-refractivity contribution in [1.82, 2.24) is 14.9 Å². The molecular weight excluding hydrogens is 426 g/mol. The minimum atomic E-state index is 0.0396. The SMILES string of the molecule is COCCC(=O)N1CCN(c2nc(C3CC3)c(-c3cncc4ccccc34)cc2C#N)CC1C. The Kier molecular flexibility index (Phi) is 6.16. The Balaban J connectivity index is 1.50. The van der Waals surface area contributed by atoms with Gasteiger partial charge in [-0.05, 0) is 31.2 Å². The van der Waals surface area contributed by atoms with Crippen LogP contribution in [-0.4, -0.2) is 60.2 Å². The summed E-state index contributed by atoms with van der Waals surface area (Å²) in [5, 5.41) is 12.3. The van der Waals surface area contributed by atoms with Crippen LogP contribution in [0.3, 0.4) is 0 Å². The molecular formula is C27H29N5O2. The van der Waals surface area contributed by atoms with Gasteiger partial charge in [0, 0.05) is 67.6 Å². The van der Waals surface area contributed by atoms with Gasteiger partial charge in [0.1, 0.15) is 11.9 Å². The molecule has 7 nitrogen and oxygen atoms in total. The van der Waals surface area contributed by atoms with Gasteiger partial charge in [-0.2, -0.15) is 5.26 Å². The Hall–Kier alpha value is -3.50. The Morgan fingerprint density at radius 2 is 2.03 bits per heavy atom. The summed E-state index contributed by atoms with van der Waals surface area (Å²) in [6, 6.07) is 12.6. The first kappa shape index (κ1) is 22.3. The smallest absolute Gasteiger partial charge is 0.225 e. The third-order valence-electron chi connectivity index (χ3n) is 6.84. The fourth-order valence-electron chi connectivity index (χ4n) is 4.91. The largest absolute Gasteiger partial charge is 0.384 e. The summed E-state index contributed by atoms with van der Waals surface area (Å²) in [5.74, 6) is 1.26. The fraction of sp³-hybridized carbons (Fsp3) is 0.407. The second-order valence-corrected chi connectivity index (χ2v) is 9.21. The van der Waals surface area contributed by atoms with Gasteiger partial charge in [-0.25, -0.2) is 4.98 Å². The number of methoxy groups -OCH3 is 1. The van der Waals surface area contributed by atoms with Crippen LogP contribution in [0.15, 0.2) is 42.7 Å². The number of amides is 1. The predicted octanol–water partition coefficient (Wildman–Crippen LogP) is 4.12. The van der Waals surface area contributed by atoms with Crippen molar-refractivity contribution in [1.29, 1.82) is 5.26 Å². The summed E-state index contributed by atoms with van der Waals surface area (Å²) < 4.78 is 5.07. The molecule has 2 aliphatic rings. The van der Waals surface area contributed by atoms with Crippen LogP contribution in [0.4, 0.5) is 5.82 Å². The number of ether oxygens (including phenoxy) is 1. The molecule has 7 heteroatoms. The Morgan fingerprint density at radius 3 is 2.76 bits per heavy atom. The molecule has 1 saturated heterocycles. The number of piperazine rings is 1. The molecule has 0 radical (unpaired) electrons. The second-order valence-electron chi connectivity index (χ2n) is 9.21. The predicted molar refractivity (Wildman–Crippen MR) is 132 cm³/mol. The number of aromatic nitrogens is 2. The molecule has 2 fully saturated rings. The molecule has 3 heterocycles. The number of pyridine rings is 2. The van der Waals surface area contributed by atoms with Gasteiger partial charge in [0.25, 0.3) is 0 Å². The van der Waals surface area contributed by atoms with Crippen molar-refractivity contribution in [3.63, 3.8) is 0 Å². The highest BCUT2D eigenvalue weighted by atomic mass is 16.5. The first-order valence-electron chi connectivity index (χ1n) is 11.9. The van der Waals surface area contributed by atoms with E-state index in [1.165, 1.54) is 0 Å². The Bertz CT molecular complexity index is 1260. The molecule has 1 unspecified atom stereocenters. The lowest BCUT2D eigenvalue weighted by Gasteiger charge is -2.41. The van der Waals surface area contributed by atoms with E-state index in [-0.39, 0.29) is 11.9 Å². The zero-order chi connectivity index (χ0) is 23.7. The quantitative estimate of drug-likeness (QED) is 0.556. The summed E-state index contributed by atoms with van der Waals surface area (Å²) in [5.41, 5.74) is 3.66.